The Balaban J connectivity index is 2.72. The Morgan fingerprint density at radius 2 is 2.67 bits per heavy atom. The number of rotatable bonds is 2. The molecule has 9 heavy (non-hydrogen) atoms. The van der Waals surface area contributed by atoms with Crippen LogP contribution >= 0.6 is 0 Å². The molecule has 0 aliphatic heterocycles. The minimum absolute atomic E-state index is 0.355. The lowest BCUT2D eigenvalue weighted by Crippen LogP contribution is -1.98. The molecule has 0 aliphatic rings. The third-order valence-electron chi connectivity index (χ3n) is 1.04. The molecule has 1 aromatic rings. The maximum absolute atomic E-state index is 9.92. The molecule has 0 radical (unpaired) electrons. The predicted molar refractivity (Wildman–Crippen MR) is 33.0 cm³/mol. The van der Waals surface area contributed by atoms with Crippen molar-refractivity contribution < 1.29 is 4.79 Å². The summed E-state index contributed by atoms with van der Waals surface area (Å²) in [5.41, 5.74) is 0.942. The number of nitrogens with zero attached hydrogens (tertiary/aromatic N) is 2. The fourth-order valence-corrected chi connectivity index (χ4v) is 0.641. The Labute approximate surface area is 53.3 Å². The van der Waals surface area contributed by atoms with Crippen molar-refractivity contribution in [1.29, 1.82) is 0 Å². The van der Waals surface area contributed by atoms with Crippen LogP contribution in [0.5, 0.6) is 0 Å². The van der Waals surface area contributed by atoms with Gasteiger partial charge in [-0.1, -0.05) is 0 Å². The van der Waals surface area contributed by atoms with E-state index in [9.17, 15) is 4.79 Å². The zero-order valence-corrected chi connectivity index (χ0v) is 5.24. The molecule has 48 valence electrons. The number of aromatic nitrogens is 2. The minimum Gasteiger partial charge on any atom is -0.301 e. The van der Waals surface area contributed by atoms with E-state index in [1.54, 1.807) is 10.9 Å². The fraction of sp³-hybridized carbons (Fsp3) is 0.333. The first-order valence-electron chi connectivity index (χ1n) is 2.76. The summed E-state index contributed by atoms with van der Waals surface area (Å²) in [4.78, 5) is 9.92. The van der Waals surface area contributed by atoms with E-state index in [1.165, 1.54) is 0 Å². The van der Waals surface area contributed by atoms with Gasteiger partial charge in [0, 0.05) is 6.20 Å². The van der Waals surface area contributed by atoms with Crippen molar-refractivity contribution in [2.75, 3.05) is 0 Å². The average Bonchev–Trinajstić information content (AvgIpc) is 2.17. The number of aryl methyl sites for hydroxylation is 1. The Hall–Kier alpha value is -1.12. The molecule has 0 saturated heterocycles. The van der Waals surface area contributed by atoms with Crippen LogP contribution in [0.1, 0.15) is 5.69 Å². The normalized spacial score (nSPS) is 9.44. The highest BCUT2D eigenvalue weighted by Gasteiger charge is 1.89. The summed E-state index contributed by atoms with van der Waals surface area (Å²) < 4.78 is 1.60. The smallest absolute Gasteiger partial charge is 0.141 e. The van der Waals surface area contributed by atoms with Gasteiger partial charge in [-0.3, -0.25) is 4.68 Å². The first-order valence-corrected chi connectivity index (χ1v) is 2.76. The first-order chi connectivity index (χ1) is 4.33. The van der Waals surface area contributed by atoms with Gasteiger partial charge in [0.15, 0.2) is 0 Å². The number of aldehydes is 1. The van der Waals surface area contributed by atoms with Crippen LogP contribution in [0.2, 0.25) is 0 Å². The van der Waals surface area contributed by atoms with E-state index in [0.717, 1.165) is 12.0 Å². The minimum atomic E-state index is 0.355. The average molecular weight is 124 g/mol. The van der Waals surface area contributed by atoms with E-state index in [1.807, 2.05) is 13.0 Å². The van der Waals surface area contributed by atoms with Gasteiger partial charge in [0.05, 0.1) is 12.2 Å². The van der Waals surface area contributed by atoms with Crippen LogP contribution in [0.25, 0.3) is 0 Å². The standard InChI is InChI=1S/C6H8N2O/c1-6-2-3-8(7-6)4-5-9/h2-3,5H,4H2,1H3. The van der Waals surface area contributed by atoms with Crippen molar-refractivity contribution in [2.45, 2.75) is 13.5 Å². The number of carbonyl (C=O) groups excluding carboxylic acids is 1. The summed E-state index contributed by atoms with van der Waals surface area (Å²) in [5, 5.41) is 3.99. The Kier molecular flexibility index (Phi) is 1.63. The predicted octanol–water partition coefficient (Wildman–Crippen LogP) is 0.390. The number of hydrogen-bond acceptors (Lipinski definition) is 2. The topological polar surface area (TPSA) is 34.9 Å². The maximum Gasteiger partial charge on any atom is 0.141 e. The monoisotopic (exact) mass is 124 g/mol. The molecule has 0 aromatic carbocycles. The first kappa shape index (κ1) is 6.01. The highest BCUT2D eigenvalue weighted by molar-refractivity contribution is 5.48. The summed E-state index contributed by atoms with van der Waals surface area (Å²) in [6.07, 6.45) is 2.61. The zero-order chi connectivity index (χ0) is 6.69. The van der Waals surface area contributed by atoms with E-state index in [0.29, 0.717) is 6.54 Å². The molecule has 1 aromatic heterocycles. The van der Waals surface area contributed by atoms with Gasteiger partial charge < -0.3 is 4.79 Å². The summed E-state index contributed by atoms with van der Waals surface area (Å²) in [5.74, 6) is 0. The lowest BCUT2D eigenvalue weighted by molar-refractivity contribution is -0.108. The van der Waals surface area contributed by atoms with Gasteiger partial charge >= 0.3 is 0 Å². The molecule has 0 unspecified atom stereocenters. The molecule has 0 aliphatic carbocycles. The number of carbonyl (C=O) groups is 1. The van der Waals surface area contributed by atoms with Crippen molar-refractivity contribution in [3.63, 3.8) is 0 Å². The second-order valence-corrected chi connectivity index (χ2v) is 1.85. The van der Waals surface area contributed by atoms with Crippen LogP contribution in [0.15, 0.2) is 12.3 Å². The summed E-state index contributed by atoms with van der Waals surface area (Å²) in [6, 6.07) is 1.86. The van der Waals surface area contributed by atoms with E-state index in [2.05, 4.69) is 5.10 Å². The van der Waals surface area contributed by atoms with Gasteiger partial charge in [0.2, 0.25) is 0 Å². The van der Waals surface area contributed by atoms with E-state index < -0.39 is 0 Å². The lowest BCUT2D eigenvalue weighted by Gasteiger charge is -1.88. The number of hydrogen-bond donors (Lipinski definition) is 0. The molecule has 0 atom stereocenters. The van der Waals surface area contributed by atoms with E-state index >= 15 is 0 Å². The lowest BCUT2D eigenvalue weighted by atomic mass is 10.5. The molecular weight excluding hydrogens is 116 g/mol. The van der Waals surface area contributed by atoms with E-state index in [4.69, 9.17) is 0 Å². The zero-order valence-electron chi connectivity index (χ0n) is 5.24. The third-order valence-corrected chi connectivity index (χ3v) is 1.04. The Bertz CT molecular complexity index is 205. The maximum atomic E-state index is 9.92. The summed E-state index contributed by atoms with van der Waals surface area (Å²) >= 11 is 0. The summed E-state index contributed by atoms with van der Waals surface area (Å²) in [7, 11) is 0. The largest absolute Gasteiger partial charge is 0.301 e. The van der Waals surface area contributed by atoms with Gasteiger partial charge in [-0.25, -0.2) is 0 Å². The molecule has 1 rings (SSSR count). The molecule has 3 nitrogen and oxygen atoms in total. The molecule has 0 amide bonds. The van der Waals surface area contributed by atoms with Crippen LogP contribution in [0.3, 0.4) is 0 Å². The highest BCUT2D eigenvalue weighted by Crippen LogP contribution is 1.89. The SMILES string of the molecule is Cc1ccn(CC=O)n1. The van der Waals surface area contributed by atoms with Crippen LogP contribution < -0.4 is 0 Å². The van der Waals surface area contributed by atoms with Gasteiger partial charge in [-0.2, -0.15) is 5.10 Å². The van der Waals surface area contributed by atoms with Gasteiger partial charge in [-0.15, -0.1) is 0 Å². The van der Waals surface area contributed by atoms with Crippen molar-refractivity contribution in [2.24, 2.45) is 0 Å². The van der Waals surface area contributed by atoms with E-state index in [-0.39, 0.29) is 0 Å². The Morgan fingerprint density at radius 1 is 1.89 bits per heavy atom. The van der Waals surface area contributed by atoms with Crippen LogP contribution in [-0.2, 0) is 11.3 Å². The fourth-order valence-electron chi connectivity index (χ4n) is 0.641. The quantitative estimate of drug-likeness (QED) is 0.534. The van der Waals surface area contributed by atoms with Crippen LogP contribution in [0, 0.1) is 6.92 Å². The molecule has 0 N–H and O–H groups in total. The molecule has 3 heteroatoms. The van der Waals surface area contributed by atoms with Crippen molar-refractivity contribution in [3.8, 4) is 0 Å². The second kappa shape index (κ2) is 2.44. The Morgan fingerprint density at radius 3 is 3.11 bits per heavy atom. The van der Waals surface area contributed by atoms with Crippen LogP contribution in [-0.4, -0.2) is 16.1 Å². The van der Waals surface area contributed by atoms with Gasteiger partial charge in [-0.05, 0) is 13.0 Å². The summed E-state index contributed by atoms with van der Waals surface area (Å²) in [6.45, 7) is 2.25. The van der Waals surface area contributed by atoms with Crippen LogP contribution in [0.4, 0.5) is 0 Å². The van der Waals surface area contributed by atoms with Crippen molar-refractivity contribution >= 4 is 6.29 Å². The highest BCUT2D eigenvalue weighted by atomic mass is 16.1. The second-order valence-electron chi connectivity index (χ2n) is 1.85. The third kappa shape index (κ3) is 1.38. The molecule has 0 fully saturated rings. The molecular formula is C6H8N2O. The van der Waals surface area contributed by atoms with Crippen molar-refractivity contribution in [3.05, 3.63) is 18.0 Å². The van der Waals surface area contributed by atoms with Gasteiger partial charge in [0.1, 0.15) is 6.29 Å². The molecule has 0 bridgehead atoms. The van der Waals surface area contributed by atoms with Gasteiger partial charge in [0.25, 0.3) is 0 Å². The van der Waals surface area contributed by atoms with Crippen molar-refractivity contribution in [1.82, 2.24) is 9.78 Å². The molecule has 0 saturated carbocycles. The molecule has 1 heterocycles. The molecule has 0 spiro atoms.